The fourth-order valence-electron chi connectivity index (χ4n) is 3.31. The number of anilines is 4. The molecule has 2 aromatic carbocycles. The number of carbonyl (C=O) groups excluding carboxylic acids is 1. The van der Waals surface area contributed by atoms with Crippen molar-refractivity contribution in [3.05, 3.63) is 78.6 Å². The lowest BCUT2D eigenvalue weighted by Gasteiger charge is -2.34. The van der Waals surface area contributed by atoms with E-state index in [2.05, 4.69) is 44.6 Å². The summed E-state index contributed by atoms with van der Waals surface area (Å²) >= 11 is 0. The zero-order valence-electron chi connectivity index (χ0n) is 16.5. The van der Waals surface area contributed by atoms with Crippen LogP contribution >= 0.6 is 0 Å². The van der Waals surface area contributed by atoms with Gasteiger partial charge in [-0.1, -0.05) is 18.2 Å². The molecule has 2 heterocycles. The topological polar surface area (TPSA) is 60.5 Å². The average molecular weight is 387 g/mol. The fraction of sp³-hybridized carbons (Fsp3) is 0.217. The average Bonchev–Trinajstić information content (AvgIpc) is 2.76. The lowest BCUT2D eigenvalue weighted by Crippen LogP contribution is -2.44. The van der Waals surface area contributed by atoms with Gasteiger partial charge < -0.3 is 20.4 Å². The molecule has 0 saturated carbocycles. The summed E-state index contributed by atoms with van der Waals surface area (Å²) in [5.74, 6) is -0.219. The highest BCUT2D eigenvalue weighted by Gasteiger charge is 2.14. The van der Waals surface area contributed by atoms with Crippen molar-refractivity contribution in [3.8, 4) is 0 Å². The van der Waals surface area contributed by atoms with Crippen LogP contribution in [0.1, 0.15) is 10.5 Å². The van der Waals surface area contributed by atoms with Crippen molar-refractivity contribution >= 4 is 28.7 Å². The Morgan fingerprint density at radius 3 is 2.17 bits per heavy atom. The quantitative estimate of drug-likeness (QED) is 0.697. The molecular weight excluding hydrogens is 362 g/mol. The minimum atomic E-state index is -0.219. The molecule has 1 aliphatic rings. The number of pyridine rings is 1. The maximum absolute atomic E-state index is 12.5. The summed E-state index contributed by atoms with van der Waals surface area (Å²) in [5, 5.41) is 6.17. The zero-order chi connectivity index (χ0) is 20.1. The summed E-state index contributed by atoms with van der Waals surface area (Å²) in [6.45, 7) is 4.18. The molecule has 6 nitrogen and oxygen atoms in total. The van der Waals surface area contributed by atoms with Crippen molar-refractivity contribution in [2.24, 2.45) is 0 Å². The van der Waals surface area contributed by atoms with Gasteiger partial charge in [-0.05, 0) is 55.6 Å². The van der Waals surface area contributed by atoms with Gasteiger partial charge in [0.2, 0.25) is 0 Å². The first-order valence-electron chi connectivity index (χ1n) is 9.80. The van der Waals surface area contributed by atoms with E-state index in [1.165, 1.54) is 5.69 Å². The third-order valence-corrected chi connectivity index (χ3v) is 5.05. The van der Waals surface area contributed by atoms with Crippen molar-refractivity contribution in [2.75, 3.05) is 48.8 Å². The van der Waals surface area contributed by atoms with Crippen molar-refractivity contribution in [1.82, 2.24) is 9.88 Å². The molecule has 1 aromatic heterocycles. The third-order valence-electron chi connectivity index (χ3n) is 5.05. The van der Waals surface area contributed by atoms with Crippen molar-refractivity contribution < 1.29 is 4.79 Å². The first-order chi connectivity index (χ1) is 14.2. The Kier molecular flexibility index (Phi) is 5.72. The van der Waals surface area contributed by atoms with E-state index in [0.717, 1.165) is 43.2 Å². The van der Waals surface area contributed by atoms with Gasteiger partial charge in [0.15, 0.2) is 0 Å². The van der Waals surface area contributed by atoms with Gasteiger partial charge in [0.25, 0.3) is 5.91 Å². The maximum atomic E-state index is 12.5. The summed E-state index contributed by atoms with van der Waals surface area (Å²) in [6, 6.07) is 21.4. The first-order valence-corrected chi connectivity index (χ1v) is 9.80. The Labute approximate surface area is 171 Å². The van der Waals surface area contributed by atoms with Gasteiger partial charge in [-0.25, -0.2) is 4.98 Å². The fourth-order valence-corrected chi connectivity index (χ4v) is 3.31. The van der Waals surface area contributed by atoms with E-state index in [4.69, 9.17) is 0 Å². The smallest absolute Gasteiger partial charge is 0.274 e. The molecule has 0 atom stereocenters. The van der Waals surface area contributed by atoms with E-state index in [0.29, 0.717) is 5.69 Å². The van der Waals surface area contributed by atoms with E-state index < -0.39 is 0 Å². The number of aromatic nitrogens is 1. The highest BCUT2D eigenvalue weighted by atomic mass is 16.1. The monoisotopic (exact) mass is 387 g/mol. The Morgan fingerprint density at radius 2 is 1.52 bits per heavy atom. The number of amides is 1. The predicted octanol–water partition coefficient (Wildman–Crippen LogP) is 3.83. The third kappa shape index (κ3) is 4.92. The molecule has 0 unspecified atom stereocenters. The molecule has 1 amide bonds. The van der Waals surface area contributed by atoms with Gasteiger partial charge >= 0.3 is 0 Å². The maximum Gasteiger partial charge on any atom is 0.274 e. The Hall–Kier alpha value is -3.38. The van der Waals surface area contributed by atoms with Crippen LogP contribution in [0.2, 0.25) is 0 Å². The van der Waals surface area contributed by atoms with Gasteiger partial charge in [-0.2, -0.15) is 0 Å². The van der Waals surface area contributed by atoms with Gasteiger partial charge in [-0.3, -0.25) is 4.79 Å². The van der Waals surface area contributed by atoms with Crippen LogP contribution in [0.5, 0.6) is 0 Å². The van der Waals surface area contributed by atoms with Crippen LogP contribution in [-0.2, 0) is 0 Å². The lowest BCUT2D eigenvalue weighted by molar-refractivity contribution is 0.102. The van der Waals surface area contributed by atoms with Crippen molar-refractivity contribution in [1.29, 1.82) is 0 Å². The van der Waals surface area contributed by atoms with E-state index in [1.54, 1.807) is 12.3 Å². The molecule has 29 heavy (non-hydrogen) atoms. The highest BCUT2D eigenvalue weighted by Crippen LogP contribution is 2.20. The number of para-hydroxylation sites is 1. The number of rotatable bonds is 5. The lowest BCUT2D eigenvalue weighted by atomic mass is 10.2. The number of nitrogens with zero attached hydrogens (tertiary/aromatic N) is 3. The minimum absolute atomic E-state index is 0.219. The number of hydrogen-bond donors (Lipinski definition) is 2. The van der Waals surface area contributed by atoms with Gasteiger partial charge in [0.05, 0.1) is 11.9 Å². The molecule has 0 radical (unpaired) electrons. The summed E-state index contributed by atoms with van der Waals surface area (Å²) < 4.78 is 0. The number of hydrogen-bond acceptors (Lipinski definition) is 5. The van der Waals surface area contributed by atoms with E-state index in [9.17, 15) is 4.79 Å². The molecule has 1 aliphatic heterocycles. The van der Waals surface area contributed by atoms with Crippen LogP contribution in [0, 0.1) is 0 Å². The minimum Gasteiger partial charge on any atom is -0.369 e. The van der Waals surface area contributed by atoms with Crippen LogP contribution in [0.4, 0.5) is 22.7 Å². The second kappa shape index (κ2) is 8.75. The summed E-state index contributed by atoms with van der Waals surface area (Å²) in [4.78, 5) is 21.5. The molecule has 1 saturated heterocycles. The summed E-state index contributed by atoms with van der Waals surface area (Å²) in [5.41, 5.74) is 4.15. The van der Waals surface area contributed by atoms with E-state index in [-0.39, 0.29) is 5.91 Å². The first kappa shape index (κ1) is 19.0. The Bertz CT molecular complexity index is 933. The van der Waals surface area contributed by atoms with E-state index in [1.807, 2.05) is 48.5 Å². The zero-order valence-corrected chi connectivity index (χ0v) is 16.5. The van der Waals surface area contributed by atoms with Crippen LogP contribution in [-0.4, -0.2) is 49.0 Å². The van der Waals surface area contributed by atoms with E-state index >= 15 is 0 Å². The Balaban J connectivity index is 1.35. The molecule has 0 spiro atoms. The van der Waals surface area contributed by atoms with Gasteiger partial charge in [0, 0.05) is 43.2 Å². The largest absolute Gasteiger partial charge is 0.369 e. The number of nitrogens with one attached hydrogen (secondary N) is 2. The van der Waals surface area contributed by atoms with Crippen LogP contribution in [0.3, 0.4) is 0 Å². The Morgan fingerprint density at radius 1 is 0.828 bits per heavy atom. The van der Waals surface area contributed by atoms with Crippen molar-refractivity contribution in [2.45, 2.75) is 0 Å². The molecule has 0 aliphatic carbocycles. The highest BCUT2D eigenvalue weighted by molar-refractivity contribution is 6.03. The van der Waals surface area contributed by atoms with Crippen LogP contribution in [0.15, 0.2) is 72.9 Å². The molecule has 6 heteroatoms. The number of carbonyl (C=O) groups is 1. The van der Waals surface area contributed by atoms with Crippen LogP contribution in [0.25, 0.3) is 0 Å². The van der Waals surface area contributed by atoms with Crippen LogP contribution < -0.4 is 15.5 Å². The SMILES string of the molecule is CN1CCN(c2ccc(NC(=O)c3ccc(Nc4ccccc4)cn3)cc2)CC1. The summed E-state index contributed by atoms with van der Waals surface area (Å²) in [7, 11) is 2.15. The molecule has 4 rings (SSSR count). The molecule has 0 bridgehead atoms. The standard InChI is InChI=1S/C23H25N5O/c1-27-13-15-28(16-14-27)21-10-7-19(8-11-21)26-23(29)22-12-9-20(17-24-22)25-18-5-3-2-4-6-18/h2-12,17,25H,13-16H2,1H3,(H,26,29). The normalized spacial score (nSPS) is 14.4. The second-order valence-corrected chi connectivity index (χ2v) is 7.21. The number of piperazine rings is 1. The van der Waals surface area contributed by atoms with Gasteiger partial charge in [0.1, 0.15) is 5.69 Å². The molecule has 3 aromatic rings. The number of likely N-dealkylation sites (N-methyl/N-ethyl adjacent to an activating group) is 1. The van der Waals surface area contributed by atoms with Crippen molar-refractivity contribution in [3.63, 3.8) is 0 Å². The molecule has 1 fully saturated rings. The summed E-state index contributed by atoms with van der Waals surface area (Å²) in [6.07, 6.45) is 1.67. The molecular formula is C23H25N5O. The molecule has 148 valence electrons. The van der Waals surface area contributed by atoms with Gasteiger partial charge in [-0.15, -0.1) is 0 Å². The predicted molar refractivity (Wildman–Crippen MR) is 118 cm³/mol. The molecule has 2 N–H and O–H groups in total. The second-order valence-electron chi connectivity index (χ2n) is 7.21. The number of benzene rings is 2.